The molecule has 0 saturated heterocycles. The fourth-order valence-corrected chi connectivity index (χ4v) is 2.43. The van der Waals surface area contributed by atoms with Gasteiger partial charge in [0.25, 0.3) is 5.91 Å². The highest BCUT2D eigenvalue weighted by Crippen LogP contribution is 2.38. The lowest BCUT2D eigenvalue weighted by Gasteiger charge is -2.17. The summed E-state index contributed by atoms with van der Waals surface area (Å²) in [5, 5.41) is 14.6. The average molecular weight is 437 g/mol. The molecule has 0 aliphatic heterocycles. The van der Waals surface area contributed by atoms with Crippen LogP contribution in [-0.4, -0.2) is 52.1 Å². The number of halogens is 4. The molecule has 1 aromatic carbocycles. The molecule has 0 bridgehead atoms. The second-order valence-corrected chi connectivity index (χ2v) is 5.95. The summed E-state index contributed by atoms with van der Waals surface area (Å²) in [5.74, 6) is -2.22. The minimum absolute atomic E-state index is 0.0214. The Hall–Kier alpha value is -2.93. The van der Waals surface area contributed by atoms with Crippen LogP contribution < -0.4 is 15.4 Å². The van der Waals surface area contributed by atoms with Crippen molar-refractivity contribution in [3.63, 3.8) is 0 Å². The Kier molecular flexibility index (Phi) is 7.34. The molecule has 0 atom stereocenters. The molecule has 14 heteroatoms. The second kappa shape index (κ2) is 9.52. The minimum atomic E-state index is -5.03. The van der Waals surface area contributed by atoms with Gasteiger partial charge in [-0.3, -0.25) is 14.9 Å². The molecular formula is C15H16ClF3N6O4. The Morgan fingerprint density at radius 2 is 2.00 bits per heavy atom. The molecule has 2 rings (SSSR count). The predicted molar refractivity (Wildman–Crippen MR) is 94.6 cm³/mol. The van der Waals surface area contributed by atoms with Crippen LogP contribution in [0.1, 0.15) is 23.2 Å². The van der Waals surface area contributed by atoms with Gasteiger partial charge in [-0.15, -0.1) is 13.2 Å². The number of nitrogens with one attached hydrogen (secondary N) is 2. The standard InChI is InChI=1S/C15H16ClF3N6O4/c1-25-14(22-23-24-25)21-13(27)8-5-6-9(29-15(17,18)19)12(11(8)16)20-10(26)4-3-7-28-2/h5-6H,3-4,7H2,1-2H3,(H,20,26)(H,21,22,24,27). The number of anilines is 2. The number of aromatic nitrogens is 4. The summed E-state index contributed by atoms with van der Waals surface area (Å²) in [5.41, 5.74) is -0.716. The maximum atomic E-state index is 12.7. The molecule has 10 nitrogen and oxygen atoms in total. The molecule has 158 valence electrons. The highest BCUT2D eigenvalue weighted by Gasteiger charge is 2.33. The molecule has 0 aliphatic carbocycles. The van der Waals surface area contributed by atoms with Gasteiger partial charge in [-0.1, -0.05) is 16.7 Å². The van der Waals surface area contributed by atoms with E-state index < -0.39 is 34.6 Å². The lowest BCUT2D eigenvalue weighted by atomic mass is 10.1. The van der Waals surface area contributed by atoms with Gasteiger partial charge in [-0.25, -0.2) is 4.68 Å². The predicted octanol–water partition coefficient (Wildman–Crippen LogP) is 2.38. The van der Waals surface area contributed by atoms with Crippen LogP contribution in [0.3, 0.4) is 0 Å². The number of benzene rings is 1. The van der Waals surface area contributed by atoms with E-state index in [1.165, 1.54) is 14.2 Å². The van der Waals surface area contributed by atoms with Crippen molar-refractivity contribution < 1.29 is 32.2 Å². The van der Waals surface area contributed by atoms with Crippen LogP contribution in [-0.2, 0) is 16.6 Å². The number of carbonyl (C=O) groups is 2. The fourth-order valence-electron chi connectivity index (χ4n) is 2.14. The Morgan fingerprint density at radius 1 is 1.28 bits per heavy atom. The topological polar surface area (TPSA) is 120 Å². The first kappa shape index (κ1) is 22.4. The van der Waals surface area contributed by atoms with E-state index in [1.54, 1.807) is 0 Å². The van der Waals surface area contributed by atoms with Crippen molar-refractivity contribution in [2.75, 3.05) is 24.4 Å². The molecule has 0 saturated carbocycles. The van der Waals surface area contributed by atoms with Crippen molar-refractivity contribution in [1.29, 1.82) is 0 Å². The smallest absolute Gasteiger partial charge is 0.404 e. The number of aryl methyl sites for hydroxylation is 1. The second-order valence-electron chi connectivity index (χ2n) is 5.57. The van der Waals surface area contributed by atoms with E-state index in [-0.39, 0.29) is 24.5 Å². The third-order valence-electron chi connectivity index (χ3n) is 3.44. The maximum absolute atomic E-state index is 12.7. The Morgan fingerprint density at radius 3 is 2.59 bits per heavy atom. The molecule has 0 fully saturated rings. The number of hydrogen-bond acceptors (Lipinski definition) is 7. The van der Waals surface area contributed by atoms with E-state index in [1.807, 2.05) is 0 Å². The van der Waals surface area contributed by atoms with Gasteiger partial charge in [0.05, 0.1) is 10.6 Å². The third-order valence-corrected chi connectivity index (χ3v) is 3.83. The van der Waals surface area contributed by atoms with Crippen LogP contribution >= 0.6 is 11.6 Å². The maximum Gasteiger partial charge on any atom is 0.573 e. The summed E-state index contributed by atoms with van der Waals surface area (Å²) in [6, 6.07) is 1.89. The number of hydrogen-bond donors (Lipinski definition) is 2. The van der Waals surface area contributed by atoms with Gasteiger partial charge < -0.3 is 14.8 Å². The molecule has 29 heavy (non-hydrogen) atoms. The van der Waals surface area contributed by atoms with Crippen molar-refractivity contribution >= 4 is 35.1 Å². The number of methoxy groups -OCH3 is 1. The quantitative estimate of drug-likeness (QED) is 0.609. The Balaban J connectivity index is 2.32. The normalized spacial score (nSPS) is 11.2. The zero-order chi connectivity index (χ0) is 21.6. The molecule has 0 aliphatic rings. The number of nitrogens with zero attached hydrogens (tertiary/aromatic N) is 4. The number of carbonyl (C=O) groups excluding carboxylic acids is 2. The zero-order valence-corrected chi connectivity index (χ0v) is 16.0. The van der Waals surface area contributed by atoms with Crippen molar-refractivity contribution in [3.05, 3.63) is 22.7 Å². The lowest BCUT2D eigenvalue weighted by molar-refractivity contribution is -0.274. The number of ether oxygens (including phenoxy) is 2. The first-order valence-electron chi connectivity index (χ1n) is 8.03. The van der Waals surface area contributed by atoms with Gasteiger partial charge in [-0.2, -0.15) is 0 Å². The first-order valence-corrected chi connectivity index (χ1v) is 8.41. The molecule has 1 heterocycles. The highest BCUT2D eigenvalue weighted by atomic mass is 35.5. The Labute approximate surface area is 167 Å². The lowest BCUT2D eigenvalue weighted by Crippen LogP contribution is -2.21. The van der Waals surface area contributed by atoms with Crippen LogP contribution in [0, 0.1) is 0 Å². The van der Waals surface area contributed by atoms with Gasteiger partial charge in [0.2, 0.25) is 11.9 Å². The monoisotopic (exact) mass is 436 g/mol. The minimum Gasteiger partial charge on any atom is -0.404 e. The first-order chi connectivity index (χ1) is 13.6. The molecule has 0 unspecified atom stereocenters. The van der Waals surface area contributed by atoms with Crippen LogP contribution in [0.2, 0.25) is 5.02 Å². The number of amides is 2. The highest BCUT2D eigenvalue weighted by molar-refractivity contribution is 6.37. The SMILES string of the molecule is COCCCC(=O)Nc1c(OC(F)(F)F)ccc(C(=O)Nc2nnnn2C)c1Cl. The van der Waals surface area contributed by atoms with E-state index in [0.717, 1.165) is 16.8 Å². The van der Waals surface area contributed by atoms with E-state index in [0.29, 0.717) is 6.42 Å². The van der Waals surface area contributed by atoms with Crippen LogP contribution in [0.15, 0.2) is 12.1 Å². The van der Waals surface area contributed by atoms with E-state index >= 15 is 0 Å². The largest absolute Gasteiger partial charge is 0.573 e. The van der Waals surface area contributed by atoms with Gasteiger partial charge in [0.1, 0.15) is 5.69 Å². The number of tetrazole rings is 1. The van der Waals surface area contributed by atoms with Crippen LogP contribution in [0.25, 0.3) is 0 Å². The van der Waals surface area contributed by atoms with Crippen molar-refractivity contribution in [2.24, 2.45) is 7.05 Å². The molecule has 2 amide bonds. The van der Waals surface area contributed by atoms with Crippen molar-refractivity contribution in [1.82, 2.24) is 20.2 Å². The van der Waals surface area contributed by atoms with Crippen LogP contribution in [0.5, 0.6) is 5.75 Å². The molecular weight excluding hydrogens is 421 g/mol. The fraction of sp³-hybridized carbons (Fsp3) is 0.400. The summed E-state index contributed by atoms with van der Waals surface area (Å²) in [6.45, 7) is 0.279. The van der Waals surface area contributed by atoms with Crippen molar-refractivity contribution in [3.8, 4) is 5.75 Å². The molecule has 0 radical (unpaired) electrons. The summed E-state index contributed by atoms with van der Waals surface area (Å²) in [7, 11) is 2.90. The number of alkyl halides is 3. The molecule has 2 N–H and O–H groups in total. The molecule has 1 aromatic heterocycles. The molecule has 0 spiro atoms. The van der Waals surface area contributed by atoms with Gasteiger partial charge in [0.15, 0.2) is 5.75 Å². The third kappa shape index (κ3) is 6.29. The van der Waals surface area contributed by atoms with Crippen molar-refractivity contribution in [2.45, 2.75) is 19.2 Å². The summed E-state index contributed by atoms with van der Waals surface area (Å²) < 4.78 is 48.0. The molecule has 2 aromatic rings. The average Bonchev–Trinajstić information content (AvgIpc) is 3.02. The summed E-state index contributed by atoms with van der Waals surface area (Å²) >= 11 is 6.12. The summed E-state index contributed by atoms with van der Waals surface area (Å²) in [6.07, 6.45) is -4.75. The van der Waals surface area contributed by atoms with E-state index in [2.05, 4.69) is 30.9 Å². The van der Waals surface area contributed by atoms with Gasteiger partial charge in [-0.05, 0) is 29.0 Å². The van der Waals surface area contributed by atoms with Crippen LogP contribution in [0.4, 0.5) is 24.8 Å². The zero-order valence-electron chi connectivity index (χ0n) is 15.2. The summed E-state index contributed by atoms with van der Waals surface area (Å²) in [4.78, 5) is 24.5. The van der Waals surface area contributed by atoms with Gasteiger partial charge in [0, 0.05) is 27.2 Å². The number of rotatable bonds is 8. The van der Waals surface area contributed by atoms with E-state index in [9.17, 15) is 22.8 Å². The Bertz CT molecular complexity index is 889. The van der Waals surface area contributed by atoms with E-state index in [4.69, 9.17) is 16.3 Å². The van der Waals surface area contributed by atoms with Gasteiger partial charge >= 0.3 is 6.36 Å².